The van der Waals surface area contributed by atoms with Gasteiger partial charge in [-0.1, -0.05) is 155 Å². The van der Waals surface area contributed by atoms with Gasteiger partial charge in [0.15, 0.2) is 11.6 Å². The van der Waals surface area contributed by atoms with E-state index in [-0.39, 0.29) is 134 Å². The maximum absolute atomic E-state index is 12.5. The van der Waals surface area contributed by atoms with Crippen molar-refractivity contribution in [1.29, 1.82) is 0 Å². The lowest BCUT2D eigenvalue weighted by Crippen LogP contribution is -2.29. The first kappa shape index (κ1) is 85.2. The first-order valence-electron chi connectivity index (χ1n) is 28.4. The number of aliphatic carboxylic acids is 4. The fourth-order valence-electron chi connectivity index (χ4n) is 7.29. The fraction of sp³-hybridized carbons (Fsp3) is 0.839. The highest BCUT2D eigenvalue weighted by Gasteiger charge is 2.23. The fourth-order valence-corrected chi connectivity index (χ4v) is 7.29. The maximum atomic E-state index is 12.5. The van der Waals surface area contributed by atoms with E-state index in [0.717, 1.165) is 44.9 Å². The number of unbranched alkanes of at least 4 members (excludes halogenated alkanes) is 14. The van der Waals surface area contributed by atoms with Crippen molar-refractivity contribution in [2.45, 2.75) is 180 Å². The van der Waals surface area contributed by atoms with E-state index >= 15 is 0 Å². The SMILES string of the molecule is CSSC.CSSC.CSSC.C[C@@H](CCCCNC(=O)CC[C@H](CC(=O)COCCOCCCC(=O)COCCOCCNC(=O)CC[C@H](CC(=O)CCCCCCCCCCCCCCCCC(=O)O)C(=O)O)C(=O)O)C(=O)O. The van der Waals surface area contributed by atoms with Gasteiger partial charge in [0.1, 0.15) is 19.0 Å². The number of carbonyl (C=O) groups is 9. The molecule has 0 heterocycles. The highest BCUT2D eigenvalue weighted by Crippen LogP contribution is 2.18. The molecule has 0 bridgehead atoms. The molecule has 0 saturated carbocycles. The Labute approximate surface area is 509 Å². The van der Waals surface area contributed by atoms with Crippen LogP contribution >= 0.6 is 64.8 Å². The lowest BCUT2D eigenvalue weighted by molar-refractivity contribution is -0.145. The molecule has 0 spiro atoms. The van der Waals surface area contributed by atoms with E-state index in [1.54, 1.807) is 71.7 Å². The summed E-state index contributed by atoms with van der Waals surface area (Å²) in [4.78, 5) is 106. The summed E-state index contributed by atoms with van der Waals surface area (Å²) in [6, 6.07) is 0. The van der Waals surface area contributed by atoms with Crippen LogP contribution in [0.1, 0.15) is 180 Å². The van der Waals surface area contributed by atoms with Crippen molar-refractivity contribution >= 4 is 118 Å². The van der Waals surface area contributed by atoms with E-state index in [9.17, 15) is 53.4 Å². The maximum Gasteiger partial charge on any atom is 0.306 e. The predicted molar refractivity (Wildman–Crippen MR) is 337 cm³/mol. The topological polar surface area (TPSA) is 296 Å². The monoisotopic (exact) mass is 1270 g/mol. The van der Waals surface area contributed by atoms with E-state index in [1.165, 1.54) is 44.9 Å². The Morgan fingerprint density at radius 2 is 0.728 bits per heavy atom. The molecule has 81 heavy (non-hydrogen) atoms. The van der Waals surface area contributed by atoms with Crippen molar-refractivity contribution in [3.05, 3.63) is 0 Å². The number of carboxylic acid groups (broad SMARTS) is 4. The molecule has 3 atom stereocenters. The van der Waals surface area contributed by atoms with Crippen LogP contribution < -0.4 is 10.6 Å². The van der Waals surface area contributed by atoms with Crippen molar-refractivity contribution in [3.63, 3.8) is 0 Å². The molecule has 0 aliphatic heterocycles. The second kappa shape index (κ2) is 66.9. The highest BCUT2D eigenvalue weighted by atomic mass is 33.1. The van der Waals surface area contributed by atoms with Crippen LogP contribution in [0.3, 0.4) is 0 Å². The van der Waals surface area contributed by atoms with Gasteiger partial charge in [0.25, 0.3) is 0 Å². The van der Waals surface area contributed by atoms with Crippen molar-refractivity contribution < 1.29 is 82.5 Å². The first-order chi connectivity index (χ1) is 38.9. The minimum atomic E-state index is -1.18. The third kappa shape index (κ3) is 70.2. The van der Waals surface area contributed by atoms with Crippen molar-refractivity contribution in [1.82, 2.24) is 10.6 Å². The first-order valence-corrected chi connectivity index (χ1v) is 37.3. The molecule has 0 aliphatic carbocycles. The number of ether oxygens (including phenoxy) is 4. The van der Waals surface area contributed by atoms with Gasteiger partial charge in [-0.25, -0.2) is 0 Å². The third-order valence-corrected chi connectivity index (χ3v) is 16.1. The smallest absolute Gasteiger partial charge is 0.306 e. The van der Waals surface area contributed by atoms with E-state index in [2.05, 4.69) is 48.2 Å². The van der Waals surface area contributed by atoms with Gasteiger partial charge in [0.05, 0.1) is 50.8 Å². The molecule has 0 radical (unpaired) electrons. The Bertz CT molecular complexity index is 1570. The van der Waals surface area contributed by atoms with Crippen molar-refractivity contribution in [2.24, 2.45) is 17.8 Å². The van der Waals surface area contributed by atoms with Gasteiger partial charge in [-0.15, -0.1) is 0 Å². The summed E-state index contributed by atoms with van der Waals surface area (Å²) in [6.07, 6.45) is 30.2. The zero-order valence-corrected chi connectivity index (χ0v) is 54.8. The number of hydrogen-bond acceptors (Lipinski definition) is 19. The second-order valence-corrected chi connectivity index (χ2v) is 26.9. The molecular weight excluding hydrogens is 1170 g/mol. The molecule has 0 saturated heterocycles. The molecule has 19 nitrogen and oxygen atoms in total. The van der Waals surface area contributed by atoms with E-state index in [1.807, 2.05) is 0 Å². The Balaban J connectivity index is -0.00000223. The Kier molecular flexibility index (Phi) is 70.4. The third-order valence-electron chi connectivity index (χ3n) is 12.1. The lowest BCUT2D eigenvalue weighted by Gasteiger charge is -2.12. The van der Waals surface area contributed by atoms with Gasteiger partial charge >= 0.3 is 23.9 Å². The number of nitrogens with one attached hydrogen (secondary N) is 2. The molecule has 25 heteroatoms. The lowest BCUT2D eigenvalue weighted by atomic mass is 9.94. The molecule has 6 N–H and O–H groups in total. The number of rotatable bonds is 55. The number of Topliss-reactive ketones (excluding diaryl/α,β-unsaturated/α-hetero) is 3. The molecule has 0 fully saturated rings. The summed E-state index contributed by atoms with van der Waals surface area (Å²) in [7, 11) is 10.6. The normalized spacial score (nSPS) is 11.7. The molecule has 0 aromatic rings. The molecule has 0 unspecified atom stereocenters. The summed E-state index contributed by atoms with van der Waals surface area (Å²) < 4.78 is 21.5. The minimum absolute atomic E-state index is 0.00762. The van der Waals surface area contributed by atoms with Gasteiger partial charge < -0.3 is 50.0 Å². The van der Waals surface area contributed by atoms with Gasteiger partial charge in [-0.2, -0.15) is 0 Å². The van der Waals surface area contributed by atoms with Gasteiger partial charge in [0, 0.05) is 64.6 Å². The molecule has 0 rings (SSSR count). The Morgan fingerprint density at radius 3 is 1.15 bits per heavy atom. The van der Waals surface area contributed by atoms with Crippen LogP contribution in [0.5, 0.6) is 0 Å². The zero-order chi connectivity index (χ0) is 61.6. The standard InChI is InChI=1S/C50H86N2O17.3C2H6S2/c1-39(48(60)61)19-16-17-27-51-45(56)25-24-41(50(64)65)36-44(55)38-69-33-31-66-29-18-21-43(54)37-68-34-32-67-30-28-52-46(57)26-23-40(49(62)63)35-42(53)20-14-12-10-8-6-4-2-3-5-7-9-11-13-15-22-47(58)59;3*1-3-4-2/h39-41H,2-38H2,1H3,(H,51,56)(H,52,57)(H,58,59)(H,60,61)(H,62,63)(H,64,65);3*1-2H3/t39-,40+,41+;;;/m0.../s1. The Morgan fingerprint density at radius 1 is 0.358 bits per heavy atom. The molecule has 0 aliphatic rings. The molecule has 2 amide bonds. The van der Waals surface area contributed by atoms with Crippen LogP contribution in [-0.4, -0.2) is 177 Å². The van der Waals surface area contributed by atoms with Gasteiger partial charge in [0.2, 0.25) is 11.8 Å². The summed E-state index contributed by atoms with van der Waals surface area (Å²) in [6.45, 7) is 2.91. The van der Waals surface area contributed by atoms with Crippen LogP contribution in [0.15, 0.2) is 0 Å². The minimum Gasteiger partial charge on any atom is -0.481 e. The number of carboxylic acids is 4. The van der Waals surface area contributed by atoms with Crippen LogP contribution in [0.4, 0.5) is 0 Å². The number of ketones is 3. The van der Waals surface area contributed by atoms with E-state index in [4.69, 9.17) is 29.2 Å². The summed E-state index contributed by atoms with van der Waals surface area (Å²) >= 11 is 0. The number of carbonyl (C=O) groups excluding carboxylic acids is 5. The molecule has 0 aromatic heterocycles. The number of amides is 2. The second-order valence-electron chi connectivity index (χ2n) is 18.9. The van der Waals surface area contributed by atoms with Crippen LogP contribution in [0, 0.1) is 17.8 Å². The average Bonchev–Trinajstić information content (AvgIpc) is 3.43. The highest BCUT2D eigenvalue weighted by molar-refractivity contribution is 8.76. The quantitative estimate of drug-likeness (QED) is 0.0244. The van der Waals surface area contributed by atoms with E-state index < -0.39 is 47.4 Å². The molecular formula is C56H104N2O17S6. The molecule has 476 valence electrons. The van der Waals surface area contributed by atoms with Gasteiger partial charge in [-0.3, -0.25) is 43.2 Å². The number of hydrogen-bond donors (Lipinski definition) is 6. The van der Waals surface area contributed by atoms with E-state index in [0.29, 0.717) is 38.6 Å². The van der Waals surface area contributed by atoms with Crippen molar-refractivity contribution in [2.75, 3.05) is 103 Å². The van der Waals surface area contributed by atoms with Gasteiger partial charge in [-0.05, 0) is 82.5 Å². The largest absolute Gasteiger partial charge is 0.481 e. The Hall–Kier alpha value is -2.23. The molecule has 0 aromatic carbocycles. The van der Waals surface area contributed by atoms with Crippen LogP contribution in [-0.2, 0) is 62.1 Å². The predicted octanol–water partition coefficient (Wildman–Crippen LogP) is 11.6. The average molecular weight is 1270 g/mol. The summed E-state index contributed by atoms with van der Waals surface area (Å²) in [5.74, 6) is -7.54. The van der Waals surface area contributed by atoms with Crippen LogP contribution in [0.2, 0.25) is 0 Å². The van der Waals surface area contributed by atoms with Crippen molar-refractivity contribution in [3.8, 4) is 0 Å². The van der Waals surface area contributed by atoms with Crippen LogP contribution in [0.25, 0.3) is 0 Å². The summed E-state index contributed by atoms with van der Waals surface area (Å²) in [5.41, 5.74) is 0. The summed E-state index contributed by atoms with van der Waals surface area (Å²) in [5, 5.41) is 42.0. The zero-order valence-electron chi connectivity index (χ0n) is 49.9.